The average Bonchev–Trinajstić information content (AvgIpc) is 2.26. The topological polar surface area (TPSA) is 12.0 Å². The molecule has 0 amide bonds. The average molecular weight is 262 g/mol. The minimum atomic E-state index is -0.232. The van der Waals surface area contributed by atoms with Crippen molar-refractivity contribution in [3.05, 3.63) is 34.6 Å². The van der Waals surface area contributed by atoms with Gasteiger partial charge < -0.3 is 5.32 Å². The lowest BCUT2D eigenvalue weighted by molar-refractivity contribution is 0.580. The summed E-state index contributed by atoms with van der Waals surface area (Å²) in [6.45, 7) is 1.50. The van der Waals surface area contributed by atoms with E-state index in [0.717, 1.165) is 13.0 Å². The minimum absolute atomic E-state index is 0.232. The van der Waals surface area contributed by atoms with E-state index in [1.165, 1.54) is 18.2 Å². The Morgan fingerprint density at radius 3 is 2.88 bits per heavy atom. The van der Waals surface area contributed by atoms with Crippen LogP contribution in [0, 0.1) is 5.82 Å². The fourth-order valence-corrected chi connectivity index (χ4v) is 2.04. The summed E-state index contributed by atoms with van der Waals surface area (Å²) in [5, 5.41) is 3.67. The van der Waals surface area contributed by atoms with Crippen molar-refractivity contribution in [1.82, 2.24) is 5.32 Å². The molecule has 90 valence electrons. The van der Waals surface area contributed by atoms with E-state index in [1.807, 2.05) is 11.8 Å². The molecule has 16 heavy (non-hydrogen) atoms. The summed E-state index contributed by atoms with van der Waals surface area (Å²) in [7, 11) is 0. The first kappa shape index (κ1) is 13.8. The van der Waals surface area contributed by atoms with Crippen LogP contribution in [0.15, 0.2) is 18.2 Å². The van der Waals surface area contributed by atoms with Gasteiger partial charge >= 0.3 is 0 Å². The largest absolute Gasteiger partial charge is 0.313 e. The van der Waals surface area contributed by atoms with Crippen molar-refractivity contribution in [2.45, 2.75) is 19.4 Å². The molecule has 0 radical (unpaired) electrons. The van der Waals surface area contributed by atoms with Gasteiger partial charge in [0.15, 0.2) is 0 Å². The lowest BCUT2D eigenvalue weighted by atomic mass is 10.2. The second-order valence-electron chi connectivity index (χ2n) is 3.61. The molecule has 0 fully saturated rings. The predicted molar refractivity (Wildman–Crippen MR) is 70.7 cm³/mol. The molecule has 0 bridgehead atoms. The molecule has 0 aliphatic rings. The Bertz CT molecular complexity index is 320. The van der Waals surface area contributed by atoms with Gasteiger partial charge in [0.2, 0.25) is 0 Å². The number of nitrogens with one attached hydrogen (secondary N) is 1. The van der Waals surface area contributed by atoms with E-state index in [1.54, 1.807) is 12.1 Å². The zero-order valence-corrected chi connectivity index (χ0v) is 11.0. The maximum Gasteiger partial charge on any atom is 0.129 e. The molecule has 1 aromatic carbocycles. The lowest BCUT2D eigenvalue weighted by Crippen LogP contribution is -2.15. The molecule has 1 aromatic rings. The molecule has 0 aliphatic carbocycles. The van der Waals surface area contributed by atoms with Gasteiger partial charge in [0, 0.05) is 17.1 Å². The summed E-state index contributed by atoms with van der Waals surface area (Å²) in [4.78, 5) is 0. The number of halogens is 2. The van der Waals surface area contributed by atoms with E-state index in [9.17, 15) is 4.39 Å². The fraction of sp³-hybridized carbons (Fsp3) is 0.500. The predicted octanol–water partition coefficient (Wildman–Crippen LogP) is 3.71. The molecule has 0 aliphatic heterocycles. The van der Waals surface area contributed by atoms with Gasteiger partial charge in [-0.25, -0.2) is 4.39 Å². The van der Waals surface area contributed by atoms with E-state index in [4.69, 9.17) is 11.6 Å². The molecule has 1 rings (SSSR count). The zero-order chi connectivity index (χ0) is 11.8. The van der Waals surface area contributed by atoms with Gasteiger partial charge in [0.1, 0.15) is 5.82 Å². The Morgan fingerprint density at radius 1 is 1.38 bits per heavy atom. The van der Waals surface area contributed by atoms with Crippen LogP contribution in [-0.4, -0.2) is 18.6 Å². The van der Waals surface area contributed by atoms with E-state index in [-0.39, 0.29) is 5.82 Å². The van der Waals surface area contributed by atoms with Crippen LogP contribution >= 0.6 is 23.4 Å². The van der Waals surface area contributed by atoms with E-state index in [0.29, 0.717) is 17.1 Å². The van der Waals surface area contributed by atoms with Gasteiger partial charge in [-0.3, -0.25) is 0 Å². The number of hydrogen-bond acceptors (Lipinski definition) is 2. The summed E-state index contributed by atoms with van der Waals surface area (Å²) >= 11 is 7.53. The van der Waals surface area contributed by atoms with Gasteiger partial charge in [-0.1, -0.05) is 17.7 Å². The summed E-state index contributed by atoms with van der Waals surface area (Å²) < 4.78 is 13.4. The van der Waals surface area contributed by atoms with Crippen molar-refractivity contribution >= 4 is 23.4 Å². The summed E-state index contributed by atoms with van der Waals surface area (Å²) in [5.74, 6) is 0.959. The Hall–Kier alpha value is -0.250. The standard InChI is InChI=1S/C12H17ClFNS/c1-16-7-3-2-6-15-9-10-4-5-11(13)8-12(10)14/h4-5,8,15H,2-3,6-7,9H2,1H3. The van der Waals surface area contributed by atoms with Gasteiger partial charge in [-0.2, -0.15) is 11.8 Å². The van der Waals surface area contributed by atoms with Gasteiger partial charge in [-0.15, -0.1) is 0 Å². The van der Waals surface area contributed by atoms with E-state index in [2.05, 4.69) is 11.6 Å². The number of unbranched alkanes of at least 4 members (excludes halogenated alkanes) is 1. The van der Waals surface area contributed by atoms with Crippen LogP contribution in [-0.2, 0) is 6.54 Å². The Morgan fingerprint density at radius 2 is 2.19 bits per heavy atom. The molecule has 0 saturated carbocycles. The van der Waals surface area contributed by atoms with Crippen LogP contribution < -0.4 is 5.32 Å². The molecule has 0 heterocycles. The van der Waals surface area contributed by atoms with Crippen molar-refractivity contribution in [3.63, 3.8) is 0 Å². The molecular weight excluding hydrogens is 245 g/mol. The molecule has 0 unspecified atom stereocenters. The molecule has 1 nitrogen and oxygen atoms in total. The van der Waals surface area contributed by atoms with Crippen molar-refractivity contribution in [2.24, 2.45) is 0 Å². The number of rotatable bonds is 7. The Kier molecular flexibility index (Phi) is 6.85. The van der Waals surface area contributed by atoms with Crippen LogP contribution in [0.5, 0.6) is 0 Å². The van der Waals surface area contributed by atoms with Crippen molar-refractivity contribution in [1.29, 1.82) is 0 Å². The van der Waals surface area contributed by atoms with Gasteiger partial charge in [0.25, 0.3) is 0 Å². The highest BCUT2D eigenvalue weighted by molar-refractivity contribution is 7.98. The fourth-order valence-electron chi connectivity index (χ4n) is 1.38. The molecule has 1 N–H and O–H groups in total. The van der Waals surface area contributed by atoms with Crippen LogP contribution in [0.25, 0.3) is 0 Å². The first-order valence-corrected chi connectivity index (χ1v) is 7.15. The minimum Gasteiger partial charge on any atom is -0.313 e. The highest BCUT2D eigenvalue weighted by Gasteiger charge is 2.01. The molecule has 0 spiro atoms. The zero-order valence-electron chi connectivity index (χ0n) is 9.43. The third kappa shape index (κ3) is 5.19. The van der Waals surface area contributed by atoms with Crippen LogP contribution in [0.4, 0.5) is 4.39 Å². The molecule has 0 atom stereocenters. The number of thioether (sulfide) groups is 1. The lowest BCUT2D eigenvalue weighted by Gasteiger charge is -2.06. The smallest absolute Gasteiger partial charge is 0.129 e. The van der Waals surface area contributed by atoms with Crippen molar-refractivity contribution < 1.29 is 4.39 Å². The highest BCUT2D eigenvalue weighted by atomic mass is 35.5. The van der Waals surface area contributed by atoms with Crippen LogP contribution in [0.3, 0.4) is 0 Å². The van der Waals surface area contributed by atoms with E-state index < -0.39 is 0 Å². The van der Waals surface area contributed by atoms with Crippen LogP contribution in [0.1, 0.15) is 18.4 Å². The second-order valence-corrected chi connectivity index (χ2v) is 5.03. The quantitative estimate of drug-likeness (QED) is 0.751. The second kappa shape index (κ2) is 7.93. The molecular formula is C12H17ClFNS. The van der Waals surface area contributed by atoms with Gasteiger partial charge in [0.05, 0.1) is 0 Å². The molecule has 0 saturated heterocycles. The highest BCUT2D eigenvalue weighted by Crippen LogP contribution is 2.14. The monoisotopic (exact) mass is 261 g/mol. The first-order valence-electron chi connectivity index (χ1n) is 5.37. The third-order valence-electron chi connectivity index (χ3n) is 2.28. The molecule has 0 aromatic heterocycles. The first-order chi connectivity index (χ1) is 7.74. The van der Waals surface area contributed by atoms with Crippen molar-refractivity contribution in [3.8, 4) is 0 Å². The third-order valence-corrected chi connectivity index (χ3v) is 3.21. The maximum atomic E-state index is 13.4. The summed E-state index contributed by atoms with van der Waals surface area (Å²) in [6.07, 6.45) is 4.45. The summed E-state index contributed by atoms with van der Waals surface area (Å²) in [6, 6.07) is 4.80. The number of benzene rings is 1. The Labute approximate surface area is 106 Å². The molecule has 4 heteroatoms. The SMILES string of the molecule is CSCCCCNCc1ccc(Cl)cc1F. The van der Waals surface area contributed by atoms with Gasteiger partial charge in [-0.05, 0) is 43.5 Å². The Balaban J connectivity index is 2.21. The normalized spacial score (nSPS) is 10.7. The van der Waals surface area contributed by atoms with Crippen molar-refractivity contribution in [2.75, 3.05) is 18.6 Å². The summed E-state index contributed by atoms with van der Waals surface area (Å²) in [5.41, 5.74) is 0.675. The van der Waals surface area contributed by atoms with Crippen LogP contribution in [0.2, 0.25) is 5.02 Å². The maximum absolute atomic E-state index is 13.4. The van der Waals surface area contributed by atoms with E-state index >= 15 is 0 Å². The number of hydrogen-bond donors (Lipinski definition) is 1.